The Kier molecular flexibility index (Phi) is 4.71. The average Bonchev–Trinajstić information content (AvgIpc) is 2.35. The maximum Gasteiger partial charge on any atom is 0.0794 e. The van der Waals surface area contributed by atoms with E-state index in [1.807, 2.05) is 19.1 Å². The first-order chi connectivity index (χ1) is 9.03. The molecule has 1 atom stereocenters. The van der Waals surface area contributed by atoms with Gasteiger partial charge >= 0.3 is 0 Å². The Labute approximate surface area is 120 Å². The summed E-state index contributed by atoms with van der Waals surface area (Å²) in [4.78, 5) is 2.22. The lowest BCUT2D eigenvalue weighted by atomic mass is 9.94. The summed E-state index contributed by atoms with van der Waals surface area (Å²) in [6.07, 6.45) is 1.86. The molecule has 0 radical (unpaired) electrons. The van der Waals surface area contributed by atoms with Crippen molar-refractivity contribution in [3.63, 3.8) is 0 Å². The number of benzene rings is 1. The smallest absolute Gasteiger partial charge is 0.0794 e. The summed E-state index contributed by atoms with van der Waals surface area (Å²) < 4.78 is 0. The van der Waals surface area contributed by atoms with Crippen LogP contribution in [0.5, 0.6) is 0 Å². The molecule has 0 amide bonds. The number of hydrogen-bond acceptors (Lipinski definition) is 3. The molecule has 0 spiro atoms. The summed E-state index contributed by atoms with van der Waals surface area (Å²) in [7, 11) is 0. The van der Waals surface area contributed by atoms with Crippen LogP contribution in [0.15, 0.2) is 18.2 Å². The predicted octanol–water partition coefficient (Wildman–Crippen LogP) is 2.80. The molecule has 2 N–H and O–H groups in total. The molecular weight excluding hydrogens is 260 g/mol. The number of nitrogens with one attached hydrogen (secondary N) is 1. The normalized spacial score (nSPS) is 23.7. The first-order valence-electron chi connectivity index (χ1n) is 6.99. The van der Waals surface area contributed by atoms with Gasteiger partial charge in [-0.05, 0) is 37.9 Å². The van der Waals surface area contributed by atoms with E-state index in [0.29, 0.717) is 6.54 Å². The quantitative estimate of drug-likeness (QED) is 0.891. The fraction of sp³-hybridized carbons (Fsp3) is 0.600. The molecule has 0 bridgehead atoms. The maximum atomic E-state index is 10.3. The Morgan fingerprint density at radius 2 is 2.26 bits per heavy atom. The molecule has 1 fully saturated rings. The summed E-state index contributed by atoms with van der Waals surface area (Å²) in [5.74, 6) is 0. The Morgan fingerprint density at radius 1 is 1.47 bits per heavy atom. The van der Waals surface area contributed by atoms with E-state index >= 15 is 0 Å². The highest BCUT2D eigenvalue weighted by Crippen LogP contribution is 2.34. The molecule has 0 saturated carbocycles. The highest BCUT2D eigenvalue weighted by Gasteiger charge is 2.30. The molecule has 1 saturated heterocycles. The fourth-order valence-corrected chi connectivity index (χ4v) is 3.04. The van der Waals surface area contributed by atoms with Crippen molar-refractivity contribution >= 4 is 17.3 Å². The molecule has 19 heavy (non-hydrogen) atoms. The summed E-state index contributed by atoms with van der Waals surface area (Å²) in [5.41, 5.74) is 1.66. The van der Waals surface area contributed by atoms with E-state index in [9.17, 15) is 5.11 Å². The molecule has 2 rings (SSSR count). The van der Waals surface area contributed by atoms with Crippen molar-refractivity contribution in [3.05, 3.63) is 28.8 Å². The molecule has 0 aliphatic carbocycles. The molecule has 106 valence electrons. The molecule has 1 aromatic carbocycles. The second kappa shape index (κ2) is 6.12. The number of hydrogen-bond donors (Lipinski definition) is 2. The second-order valence-corrected chi connectivity index (χ2v) is 5.96. The number of rotatable bonds is 4. The molecule has 4 heteroatoms. The fourth-order valence-electron chi connectivity index (χ4n) is 2.73. The van der Waals surface area contributed by atoms with Gasteiger partial charge in [-0.1, -0.05) is 30.7 Å². The van der Waals surface area contributed by atoms with Crippen molar-refractivity contribution in [2.45, 2.75) is 38.8 Å². The highest BCUT2D eigenvalue weighted by molar-refractivity contribution is 6.33. The first-order valence-corrected chi connectivity index (χ1v) is 7.37. The van der Waals surface area contributed by atoms with Crippen molar-refractivity contribution in [2.24, 2.45) is 0 Å². The third-order valence-electron chi connectivity index (χ3n) is 3.63. The number of anilines is 1. The van der Waals surface area contributed by atoms with Crippen molar-refractivity contribution in [1.82, 2.24) is 5.32 Å². The van der Waals surface area contributed by atoms with Gasteiger partial charge in [-0.3, -0.25) is 0 Å². The minimum atomic E-state index is -0.618. The zero-order valence-electron chi connectivity index (χ0n) is 11.7. The van der Waals surface area contributed by atoms with Gasteiger partial charge in [-0.15, -0.1) is 0 Å². The van der Waals surface area contributed by atoms with Gasteiger partial charge in [0, 0.05) is 19.6 Å². The van der Waals surface area contributed by atoms with E-state index in [0.717, 1.165) is 43.2 Å². The Bertz CT molecular complexity index is 434. The minimum absolute atomic E-state index is 0.618. The first kappa shape index (κ1) is 14.6. The zero-order chi connectivity index (χ0) is 13.9. The molecule has 1 aliphatic rings. The van der Waals surface area contributed by atoms with Gasteiger partial charge in [0.1, 0.15) is 0 Å². The van der Waals surface area contributed by atoms with Crippen LogP contribution in [0.2, 0.25) is 5.02 Å². The SMILES string of the molecule is CCNCc1cccc(Cl)c1N1CCCC(C)(O)C1. The second-order valence-electron chi connectivity index (χ2n) is 5.55. The van der Waals surface area contributed by atoms with E-state index in [4.69, 9.17) is 11.6 Å². The van der Waals surface area contributed by atoms with Gasteiger partial charge in [-0.2, -0.15) is 0 Å². The van der Waals surface area contributed by atoms with Crippen LogP contribution in [0.25, 0.3) is 0 Å². The number of aliphatic hydroxyl groups is 1. The number of piperidine rings is 1. The van der Waals surface area contributed by atoms with E-state index in [-0.39, 0.29) is 0 Å². The van der Waals surface area contributed by atoms with E-state index in [1.165, 1.54) is 5.56 Å². The monoisotopic (exact) mass is 282 g/mol. The van der Waals surface area contributed by atoms with E-state index < -0.39 is 5.60 Å². The average molecular weight is 283 g/mol. The van der Waals surface area contributed by atoms with Crippen LogP contribution in [0.1, 0.15) is 32.3 Å². The minimum Gasteiger partial charge on any atom is -0.388 e. The molecule has 1 unspecified atom stereocenters. The van der Waals surface area contributed by atoms with E-state index in [1.54, 1.807) is 0 Å². The van der Waals surface area contributed by atoms with Crippen LogP contribution in [0.3, 0.4) is 0 Å². The largest absolute Gasteiger partial charge is 0.388 e. The van der Waals surface area contributed by atoms with Crippen LogP contribution < -0.4 is 10.2 Å². The van der Waals surface area contributed by atoms with Gasteiger partial charge in [0.05, 0.1) is 16.3 Å². The standard InChI is InChI=1S/C15H23ClN2O/c1-3-17-10-12-6-4-7-13(16)14(12)18-9-5-8-15(2,19)11-18/h4,6-7,17,19H,3,5,8-11H2,1-2H3. The summed E-state index contributed by atoms with van der Waals surface area (Å²) in [6, 6.07) is 6.02. The topological polar surface area (TPSA) is 35.5 Å². The van der Waals surface area contributed by atoms with Gasteiger partial charge in [0.25, 0.3) is 0 Å². The van der Waals surface area contributed by atoms with Gasteiger partial charge in [0.2, 0.25) is 0 Å². The van der Waals surface area contributed by atoms with Crippen LogP contribution >= 0.6 is 11.6 Å². The van der Waals surface area contributed by atoms with Crippen LogP contribution in [0, 0.1) is 0 Å². The number of nitrogens with zero attached hydrogens (tertiary/aromatic N) is 1. The van der Waals surface area contributed by atoms with Crippen LogP contribution in [-0.4, -0.2) is 30.3 Å². The maximum absolute atomic E-state index is 10.3. The van der Waals surface area contributed by atoms with E-state index in [2.05, 4.69) is 23.2 Å². The van der Waals surface area contributed by atoms with Crippen molar-refractivity contribution in [2.75, 3.05) is 24.5 Å². The lowest BCUT2D eigenvalue weighted by Crippen LogP contribution is -2.46. The molecule has 1 heterocycles. The lowest BCUT2D eigenvalue weighted by Gasteiger charge is -2.39. The highest BCUT2D eigenvalue weighted by atomic mass is 35.5. The Morgan fingerprint density at radius 3 is 2.95 bits per heavy atom. The Hall–Kier alpha value is -0.770. The Balaban J connectivity index is 2.26. The summed E-state index contributed by atoms with van der Waals surface area (Å²) >= 11 is 6.38. The number of para-hydroxylation sites is 1. The molecule has 1 aliphatic heterocycles. The van der Waals surface area contributed by atoms with Crippen LogP contribution in [0.4, 0.5) is 5.69 Å². The predicted molar refractivity (Wildman–Crippen MR) is 80.9 cm³/mol. The molecular formula is C15H23ClN2O. The molecule has 3 nitrogen and oxygen atoms in total. The van der Waals surface area contributed by atoms with Crippen molar-refractivity contribution < 1.29 is 5.11 Å². The number of β-amino-alcohol motifs (C(OH)–C–C–N with tert-alkyl or cyclic N) is 1. The summed E-state index contributed by atoms with van der Waals surface area (Å²) in [6.45, 7) is 7.35. The van der Waals surface area contributed by atoms with Gasteiger partial charge in [0.15, 0.2) is 0 Å². The van der Waals surface area contributed by atoms with Crippen molar-refractivity contribution in [3.8, 4) is 0 Å². The van der Waals surface area contributed by atoms with Gasteiger partial charge in [-0.25, -0.2) is 0 Å². The third-order valence-corrected chi connectivity index (χ3v) is 3.93. The number of halogens is 1. The molecule has 1 aromatic rings. The molecule has 0 aromatic heterocycles. The third kappa shape index (κ3) is 3.62. The zero-order valence-corrected chi connectivity index (χ0v) is 12.5. The van der Waals surface area contributed by atoms with Gasteiger partial charge < -0.3 is 15.3 Å². The van der Waals surface area contributed by atoms with Crippen LogP contribution in [-0.2, 0) is 6.54 Å². The lowest BCUT2D eigenvalue weighted by molar-refractivity contribution is 0.0449. The summed E-state index contributed by atoms with van der Waals surface area (Å²) in [5, 5.41) is 14.4. The van der Waals surface area contributed by atoms with Crippen molar-refractivity contribution in [1.29, 1.82) is 0 Å².